The molecule has 180 valence electrons. The molecule has 5 N–H and O–H groups in total. The van der Waals surface area contributed by atoms with Gasteiger partial charge in [-0.2, -0.15) is 0 Å². The van der Waals surface area contributed by atoms with Crippen LogP contribution in [0.2, 0.25) is 0 Å². The number of aryl methyl sites for hydroxylation is 1. The molecule has 0 bridgehead atoms. The Morgan fingerprint density at radius 2 is 2.09 bits per heavy atom. The second-order valence-electron chi connectivity index (χ2n) is 6.58. The number of nitrogens with zero attached hydrogens (tertiary/aromatic N) is 5. The van der Waals surface area contributed by atoms with Crippen molar-refractivity contribution in [3.63, 3.8) is 0 Å². The number of fused-ring (bicyclic) bond motifs is 1. The number of nitro groups is 1. The first-order chi connectivity index (χ1) is 14.8. The number of hydrogen-bond acceptors (Lipinski definition) is 9. The number of unbranched alkanes of at least 4 members (excludes halogenated alkanes) is 1. The molecule has 0 saturated heterocycles. The number of aromatic amines is 1. The van der Waals surface area contributed by atoms with E-state index in [0.29, 0.717) is 40.9 Å². The first-order valence-electron chi connectivity index (χ1n) is 9.27. The molecule has 13 nitrogen and oxygen atoms in total. The molecule has 1 amide bonds. The van der Waals surface area contributed by atoms with Crippen LogP contribution >= 0.6 is 36.6 Å². The third-order valence-corrected chi connectivity index (χ3v) is 5.15. The zero-order valence-corrected chi connectivity index (χ0v) is 19.7. The van der Waals surface area contributed by atoms with Crippen LogP contribution in [0.1, 0.15) is 35.4 Å². The van der Waals surface area contributed by atoms with Crippen molar-refractivity contribution in [3.05, 3.63) is 39.8 Å². The molecule has 0 aliphatic heterocycles. The van der Waals surface area contributed by atoms with Gasteiger partial charge in [-0.05, 0) is 55.5 Å². The SMILES string of the molecule is Cc1[nH]c(Sc2ccc3ncc([N+](=O)[O-])n3n2)nc1C(=O)NC(CCCCN)C(=O)O.Cl.Cl. The molecular formula is C17H22Cl2N8O5S. The van der Waals surface area contributed by atoms with Crippen molar-refractivity contribution in [3.8, 4) is 0 Å². The van der Waals surface area contributed by atoms with Crippen LogP contribution in [-0.2, 0) is 4.79 Å². The van der Waals surface area contributed by atoms with Crippen LogP contribution in [0.15, 0.2) is 28.5 Å². The topological polar surface area (TPSA) is 194 Å². The number of rotatable bonds is 10. The first-order valence-corrected chi connectivity index (χ1v) is 10.1. The number of H-pyrrole nitrogens is 1. The summed E-state index contributed by atoms with van der Waals surface area (Å²) < 4.78 is 1.10. The smallest absolute Gasteiger partial charge is 0.368 e. The number of halogens is 2. The highest BCUT2D eigenvalue weighted by molar-refractivity contribution is 7.99. The van der Waals surface area contributed by atoms with Crippen molar-refractivity contribution < 1.29 is 19.6 Å². The molecule has 1 atom stereocenters. The van der Waals surface area contributed by atoms with Crippen molar-refractivity contribution in [1.82, 2.24) is 29.9 Å². The van der Waals surface area contributed by atoms with Gasteiger partial charge in [0.15, 0.2) is 5.16 Å². The molecular weight excluding hydrogens is 499 g/mol. The summed E-state index contributed by atoms with van der Waals surface area (Å²) in [7, 11) is 0. The number of aliphatic carboxylic acids is 1. The molecule has 33 heavy (non-hydrogen) atoms. The molecule has 0 aliphatic rings. The van der Waals surface area contributed by atoms with E-state index < -0.39 is 22.8 Å². The maximum atomic E-state index is 12.5. The highest BCUT2D eigenvalue weighted by Crippen LogP contribution is 2.25. The monoisotopic (exact) mass is 520 g/mol. The number of amides is 1. The fraction of sp³-hybridized carbons (Fsp3) is 0.353. The number of carbonyl (C=O) groups is 2. The minimum Gasteiger partial charge on any atom is -0.480 e. The van der Waals surface area contributed by atoms with E-state index in [0.717, 1.165) is 22.5 Å². The lowest BCUT2D eigenvalue weighted by Gasteiger charge is -2.13. The minimum atomic E-state index is -1.13. The number of carbonyl (C=O) groups excluding carboxylic acids is 1. The van der Waals surface area contributed by atoms with Gasteiger partial charge >= 0.3 is 11.8 Å². The number of nitrogens with one attached hydrogen (secondary N) is 2. The quantitative estimate of drug-likeness (QED) is 0.174. The standard InChI is InChI=1S/C17H20N8O5S.2ClH/c1-9-14(15(26)21-10(16(27)28)4-2-3-7-18)22-17(20-9)31-12-6-5-11-19-8-13(25(29)30)24(11)23-12;;/h5-6,8,10H,2-4,7,18H2,1H3,(H,20,22)(H,21,26)(H,27,28);2*1H. The van der Waals surface area contributed by atoms with Crippen molar-refractivity contribution >= 4 is 59.9 Å². The van der Waals surface area contributed by atoms with Crippen molar-refractivity contribution in [2.45, 2.75) is 42.4 Å². The van der Waals surface area contributed by atoms with Gasteiger partial charge < -0.3 is 31.3 Å². The summed E-state index contributed by atoms with van der Waals surface area (Å²) in [5, 5.41) is 27.8. The minimum absolute atomic E-state index is 0. The van der Waals surface area contributed by atoms with E-state index in [2.05, 4.69) is 25.4 Å². The van der Waals surface area contributed by atoms with Gasteiger partial charge in [-0.1, -0.05) is 9.61 Å². The summed E-state index contributed by atoms with van der Waals surface area (Å²) in [6.45, 7) is 2.08. The van der Waals surface area contributed by atoms with E-state index in [4.69, 9.17) is 5.73 Å². The van der Waals surface area contributed by atoms with Crippen molar-refractivity contribution in [2.24, 2.45) is 5.73 Å². The van der Waals surface area contributed by atoms with E-state index in [-0.39, 0.29) is 42.7 Å². The maximum Gasteiger partial charge on any atom is 0.368 e. The summed E-state index contributed by atoms with van der Waals surface area (Å²) in [6.07, 6.45) is 2.61. The second kappa shape index (κ2) is 12.3. The Balaban J connectivity index is 0.00000272. The van der Waals surface area contributed by atoms with Gasteiger partial charge in [-0.3, -0.25) is 4.79 Å². The lowest BCUT2D eigenvalue weighted by atomic mass is 10.1. The van der Waals surface area contributed by atoms with Gasteiger partial charge in [0.05, 0.1) is 0 Å². The fourth-order valence-corrected chi connectivity index (χ4v) is 3.60. The number of carboxylic acid groups (broad SMARTS) is 1. The van der Waals surface area contributed by atoms with E-state index in [1.807, 2.05) is 0 Å². The number of carboxylic acids is 1. The molecule has 0 aliphatic carbocycles. The highest BCUT2D eigenvalue weighted by atomic mass is 35.5. The number of aromatic nitrogens is 5. The lowest BCUT2D eigenvalue weighted by Crippen LogP contribution is -2.41. The van der Waals surface area contributed by atoms with Crippen LogP contribution in [0.25, 0.3) is 5.65 Å². The van der Waals surface area contributed by atoms with E-state index in [1.54, 1.807) is 19.1 Å². The molecule has 0 aromatic carbocycles. The molecule has 0 spiro atoms. The Bertz CT molecular complexity index is 1140. The van der Waals surface area contributed by atoms with Gasteiger partial charge in [0.2, 0.25) is 5.65 Å². The summed E-state index contributed by atoms with van der Waals surface area (Å²) in [5.41, 5.74) is 6.25. The van der Waals surface area contributed by atoms with Gasteiger partial charge in [0.1, 0.15) is 23.0 Å². The van der Waals surface area contributed by atoms with Crippen LogP contribution in [0, 0.1) is 17.0 Å². The summed E-state index contributed by atoms with van der Waals surface area (Å²) >= 11 is 1.06. The van der Waals surface area contributed by atoms with Gasteiger partial charge in [0, 0.05) is 11.8 Å². The normalized spacial score (nSPS) is 11.3. The summed E-state index contributed by atoms with van der Waals surface area (Å²) in [6, 6.07) is 2.15. The Kier molecular flexibility index (Phi) is 10.5. The fourth-order valence-electron chi connectivity index (χ4n) is 2.80. The van der Waals surface area contributed by atoms with Gasteiger partial charge in [0.25, 0.3) is 5.91 Å². The first kappa shape index (κ1) is 28.1. The van der Waals surface area contributed by atoms with Crippen LogP contribution in [-0.4, -0.2) is 59.1 Å². The van der Waals surface area contributed by atoms with Crippen LogP contribution in [0.3, 0.4) is 0 Å². The second-order valence-corrected chi connectivity index (χ2v) is 7.59. The third-order valence-electron chi connectivity index (χ3n) is 4.34. The average Bonchev–Trinajstić information content (AvgIpc) is 3.30. The number of hydrogen-bond donors (Lipinski definition) is 4. The predicted octanol–water partition coefficient (Wildman–Crippen LogP) is 1.98. The molecule has 16 heteroatoms. The van der Waals surface area contributed by atoms with Crippen LogP contribution in [0.5, 0.6) is 0 Å². The third kappa shape index (κ3) is 6.77. The zero-order valence-electron chi connectivity index (χ0n) is 17.3. The Labute approximate surface area is 203 Å². The maximum absolute atomic E-state index is 12.5. The van der Waals surface area contributed by atoms with E-state index in [9.17, 15) is 24.8 Å². The number of imidazole rings is 2. The van der Waals surface area contributed by atoms with Crippen molar-refractivity contribution in [1.29, 1.82) is 0 Å². The molecule has 3 aromatic heterocycles. The summed E-state index contributed by atoms with van der Waals surface area (Å²) in [5.74, 6) is -2.02. The molecule has 3 aromatic rings. The predicted molar refractivity (Wildman–Crippen MR) is 123 cm³/mol. The molecule has 3 heterocycles. The van der Waals surface area contributed by atoms with Crippen molar-refractivity contribution in [2.75, 3.05) is 6.54 Å². The van der Waals surface area contributed by atoms with Crippen LogP contribution in [0.4, 0.5) is 5.82 Å². The number of nitrogens with two attached hydrogens (primary N) is 1. The molecule has 0 fully saturated rings. The molecule has 1 unspecified atom stereocenters. The van der Waals surface area contributed by atoms with Gasteiger partial charge in [-0.25, -0.2) is 14.8 Å². The Hall–Kier alpha value is -2.94. The van der Waals surface area contributed by atoms with E-state index >= 15 is 0 Å². The van der Waals surface area contributed by atoms with E-state index in [1.165, 1.54) is 0 Å². The molecule has 0 saturated carbocycles. The summed E-state index contributed by atoms with van der Waals surface area (Å²) in [4.78, 5) is 45.5. The lowest BCUT2D eigenvalue weighted by molar-refractivity contribution is -0.391. The highest BCUT2D eigenvalue weighted by Gasteiger charge is 2.24. The average molecular weight is 521 g/mol. The molecule has 3 rings (SSSR count). The largest absolute Gasteiger partial charge is 0.480 e. The Morgan fingerprint density at radius 1 is 1.36 bits per heavy atom. The Morgan fingerprint density at radius 3 is 2.73 bits per heavy atom. The molecule has 0 radical (unpaired) electrons. The zero-order chi connectivity index (χ0) is 22.5. The van der Waals surface area contributed by atoms with Gasteiger partial charge in [-0.15, -0.1) is 24.8 Å². The van der Waals surface area contributed by atoms with Crippen LogP contribution < -0.4 is 11.1 Å².